The highest BCUT2D eigenvalue weighted by Crippen LogP contribution is 2.40. The molecule has 8 heteroatoms. The van der Waals surface area contributed by atoms with E-state index in [0.717, 1.165) is 25.7 Å². The lowest BCUT2D eigenvalue weighted by Crippen LogP contribution is -2.31. The van der Waals surface area contributed by atoms with Crippen molar-refractivity contribution in [3.8, 4) is 5.75 Å². The van der Waals surface area contributed by atoms with Crippen LogP contribution in [-0.4, -0.2) is 36.9 Å². The summed E-state index contributed by atoms with van der Waals surface area (Å²) in [5.41, 5.74) is 1.07. The molecule has 8 nitrogen and oxygen atoms in total. The minimum absolute atomic E-state index is 0.164. The third-order valence-corrected chi connectivity index (χ3v) is 5.96. The summed E-state index contributed by atoms with van der Waals surface area (Å²) in [6.45, 7) is 1.96. The largest absolute Gasteiger partial charge is 0.494 e. The van der Waals surface area contributed by atoms with E-state index in [1.807, 2.05) is 6.92 Å². The average molecular weight is 450 g/mol. The van der Waals surface area contributed by atoms with E-state index in [1.165, 1.54) is 17.0 Å². The zero-order chi connectivity index (χ0) is 23.4. The number of amides is 3. The van der Waals surface area contributed by atoms with E-state index in [4.69, 9.17) is 9.47 Å². The van der Waals surface area contributed by atoms with Gasteiger partial charge in [0.05, 0.1) is 29.7 Å². The van der Waals surface area contributed by atoms with Gasteiger partial charge in [0.25, 0.3) is 5.91 Å². The fourth-order valence-corrected chi connectivity index (χ4v) is 4.40. The Balaban J connectivity index is 1.36. The zero-order valence-corrected chi connectivity index (χ0v) is 18.4. The third kappa shape index (κ3) is 4.89. The van der Waals surface area contributed by atoms with Crippen molar-refractivity contribution in [1.29, 1.82) is 0 Å². The molecule has 1 N–H and O–H groups in total. The van der Waals surface area contributed by atoms with Crippen LogP contribution >= 0.6 is 0 Å². The van der Waals surface area contributed by atoms with Crippen molar-refractivity contribution in [3.05, 3.63) is 54.1 Å². The van der Waals surface area contributed by atoms with Crippen LogP contribution in [0.15, 0.2) is 48.5 Å². The summed E-state index contributed by atoms with van der Waals surface area (Å²) < 4.78 is 10.5. The molecule has 172 valence electrons. The number of nitrogens with one attached hydrogen (secondary N) is 1. The number of hydrogen-bond donors (Lipinski definition) is 1. The standard InChI is InChI=1S/C25H26N2O6/c1-2-32-19-12-10-17(11-13-19)26-22(28)15-33-25(31)16-6-5-7-18(14-16)27-23(29)20-8-3-4-9-21(20)24(27)30/h5-7,10-14,20-21H,2-4,8-9,15H2,1H3,(H,26,28)/t20-,21-/m0/s1. The molecule has 1 saturated carbocycles. The Morgan fingerprint density at radius 3 is 2.30 bits per heavy atom. The van der Waals surface area contributed by atoms with Crippen LogP contribution in [0, 0.1) is 11.8 Å². The maximum Gasteiger partial charge on any atom is 0.338 e. The first kappa shape index (κ1) is 22.5. The van der Waals surface area contributed by atoms with Crippen molar-refractivity contribution in [1.82, 2.24) is 0 Å². The lowest BCUT2D eigenvalue weighted by Gasteiger charge is -2.19. The Morgan fingerprint density at radius 1 is 1.00 bits per heavy atom. The molecule has 1 aliphatic carbocycles. The van der Waals surface area contributed by atoms with Crippen molar-refractivity contribution < 1.29 is 28.7 Å². The lowest BCUT2D eigenvalue weighted by molar-refractivity contribution is -0.122. The fraction of sp³-hybridized carbons (Fsp3) is 0.360. The molecule has 0 spiro atoms. The number of imide groups is 1. The topological polar surface area (TPSA) is 102 Å². The van der Waals surface area contributed by atoms with Crippen LogP contribution in [0.5, 0.6) is 5.75 Å². The minimum Gasteiger partial charge on any atom is -0.494 e. The Morgan fingerprint density at radius 2 is 1.67 bits per heavy atom. The second kappa shape index (κ2) is 9.85. The molecule has 0 aromatic heterocycles. The number of carbonyl (C=O) groups excluding carboxylic acids is 4. The summed E-state index contributed by atoms with van der Waals surface area (Å²) in [6, 6.07) is 13.0. The van der Waals surface area contributed by atoms with Gasteiger partial charge in [-0.15, -0.1) is 0 Å². The zero-order valence-electron chi connectivity index (χ0n) is 18.4. The predicted octanol–water partition coefficient (Wildman–Crippen LogP) is 3.56. The number of esters is 1. The number of ether oxygens (including phenoxy) is 2. The van der Waals surface area contributed by atoms with Gasteiger partial charge in [-0.1, -0.05) is 18.9 Å². The van der Waals surface area contributed by atoms with Crippen LogP contribution in [0.2, 0.25) is 0 Å². The molecule has 1 heterocycles. The van der Waals surface area contributed by atoms with Crippen LogP contribution in [0.4, 0.5) is 11.4 Å². The highest BCUT2D eigenvalue weighted by atomic mass is 16.5. The summed E-state index contributed by atoms with van der Waals surface area (Å²) in [4.78, 5) is 51.4. The van der Waals surface area contributed by atoms with Crippen LogP contribution in [0.1, 0.15) is 43.0 Å². The molecule has 2 fully saturated rings. The second-order valence-corrected chi connectivity index (χ2v) is 8.14. The number of hydrogen-bond acceptors (Lipinski definition) is 6. The van der Waals surface area contributed by atoms with Gasteiger partial charge in [0.2, 0.25) is 11.8 Å². The van der Waals surface area contributed by atoms with E-state index in [-0.39, 0.29) is 29.2 Å². The van der Waals surface area contributed by atoms with Crippen molar-refractivity contribution >= 4 is 35.1 Å². The smallest absolute Gasteiger partial charge is 0.338 e. The molecular formula is C25H26N2O6. The Kier molecular flexibility index (Phi) is 6.72. The summed E-state index contributed by atoms with van der Waals surface area (Å²) in [6.07, 6.45) is 3.33. The number of carbonyl (C=O) groups is 4. The van der Waals surface area contributed by atoms with E-state index < -0.39 is 18.5 Å². The molecule has 3 amide bonds. The fourth-order valence-electron chi connectivity index (χ4n) is 4.40. The first-order valence-corrected chi connectivity index (χ1v) is 11.2. The minimum atomic E-state index is -0.713. The molecule has 1 saturated heterocycles. The first-order chi connectivity index (χ1) is 16.0. The Labute approximate surface area is 191 Å². The average Bonchev–Trinajstić information content (AvgIpc) is 3.09. The maximum atomic E-state index is 12.8. The highest BCUT2D eigenvalue weighted by molar-refractivity contribution is 6.22. The van der Waals surface area contributed by atoms with Crippen LogP contribution < -0.4 is 15.0 Å². The first-order valence-electron chi connectivity index (χ1n) is 11.2. The van der Waals surface area contributed by atoms with Crippen molar-refractivity contribution in [2.24, 2.45) is 11.8 Å². The SMILES string of the molecule is CCOc1ccc(NC(=O)COC(=O)c2cccc(N3C(=O)[C@H]4CCCC[C@@H]4C3=O)c2)cc1. The number of fused-ring (bicyclic) bond motifs is 1. The monoisotopic (exact) mass is 450 g/mol. The van der Waals surface area contributed by atoms with Crippen molar-refractivity contribution in [2.75, 3.05) is 23.4 Å². The molecule has 1 aliphatic heterocycles. The molecule has 2 aromatic carbocycles. The molecule has 0 bridgehead atoms. The molecule has 4 rings (SSSR count). The summed E-state index contributed by atoms with van der Waals surface area (Å²) in [5.74, 6) is -1.46. The van der Waals surface area contributed by atoms with E-state index in [1.54, 1.807) is 36.4 Å². The molecular weight excluding hydrogens is 424 g/mol. The molecule has 2 aliphatic rings. The Hall–Kier alpha value is -3.68. The Bertz CT molecular complexity index is 1040. The van der Waals surface area contributed by atoms with Gasteiger partial charge >= 0.3 is 5.97 Å². The normalized spacial score (nSPS) is 19.7. The molecule has 2 aromatic rings. The summed E-state index contributed by atoms with van der Waals surface area (Å²) in [5, 5.41) is 2.65. The molecule has 2 atom stereocenters. The summed E-state index contributed by atoms with van der Waals surface area (Å²) >= 11 is 0. The number of rotatable bonds is 7. The van der Waals surface area contributed by atoms with Gasteiger partial charge in [-0.2, -0.15) is 0 Å². The van der Waals surface area contributed by atoms with Crippen LogP contribution in [0.25, 0.3) is 0 Å². The molecule has 0 unspecified atom stereocenters. The van der Waals surface area contributed by atoms with Gasteiger partial charge < -0.3 is 14.8 Å². The van der Waals surface area contributed by atoms with Gasteiger partial charge in [-0.3, -0.25) is 19.3 Å². The van der Waals surface area contributed by atoms with E-state index in [0.29, 0.717) is 23.7 Å². The number of anilines is 2. The maximum absolute atomic E-state index is 12.8. The van der Waals surface area contributed by atoms with Gasteiger partial charge in [0, 0.05) is 5.69 Å². The molecule has 33 heavy (non-hydrogen) atoms. The van der Waals surface area contributed by atoms with Crippen LogP contribution in [-0.2, 0) is 19.1 Å². The number of nitrogens with zero attached hydrogens (tertiary/aromatic N) is 1. The third-order valence-electron chi connectivity index (χ3n) is 5.96. The quantitative estimate of drug-likeness (QED) is 0.511. The van der Waals surface area contributed by atoms with E-state index in [9.17, 15) is 19.2 Å². The van der Waals surface area contributed by atoms with E-state index in [2.05, 4.69) is 5.32 Å². The van der Waals surface area contributed by atoms with E-state index >= 15 is 0 Å². The van der Waals surface area contributed by atoms with Crippen molar-refractivity contribution in [2.45, 2.75) is 32.6 Å². The number of benzene rings is 2. The van der Waals surface area contributed by atoms with Gasteiger partial charge in [0.1, 0.15) is 5.75 Å². The van der Waals surface area contributed by atoms with Crippen molar-refractivity contribution in [3.63, 3.8) is 0 Å². The van der Waals surface area contributed by atoms with Gasteiger partial charge in [0.15, 0.2) is 6.61 Å². The highest BCUT2D eigenvalue weighted by Gasteiger charge is 2.48. The molecule has 0 radical (unpaired) electrons. The predicted molar refractivity (Wildman–Crippen MR) is 121 cm³/mol. The van der Waals surface area contributed by atoms with Crippen LogP contribution in [0.3, 0.4) is 0 Å². The van der Waals surface area contributed by atoms with Gasteiger partial charge in [-0.05, 0) is 62.2 Å². The summed E-state index contributed by atoms with van der Waals surface area (Å²) in [7, 11) is 0. The second-order valence-electron chi connectivity index (χ2n) is 8.14. The lowest BCUT2D eigenvalue weighted by atomic mass is 9.81. The van der Waals surface area contributed by atoms with Gasteiger partial charge in [-0.25, -0.2) is 4.79 Å².